The molecule has 2 aliphatic rings. The van der Waals surface area contributed by atoms with E-state index in [0.717, 1.165) is 31.5 Å². The fraction of sp³-hybridized carbons (Fsp3) is 0.938. The van der Waals surface area contributed by atoms with Crippen molar-refractivity contribution in [2.45, 2.75) is 58.5 Å². The molecule has 20 heavy (non-hydrogen) atoms. The highest BCUT2D eigenvalue weighted by atomic mass is 16.6. The zero-order chi connectivity index (χ0) is 14.6. The minimum absolute atomic E-state index is 0.284. The predicted molar refractivity (Wildman–Crippen MR) is 80.7 cm³/mol. The molecule has 0 spiro atoms. The summed E-state index contributed by atoms with van der Waals surface area (Å²) < 4.78 is 5.32. The standard InChI is InChI=1S/C16H30N2O2/c1-16(2,3)20-15(19)18-11-13-10-17-9-8-14(13)12-6-4-5-7-12/h12-14,17H,4-11H2,1-3H3,(H,18,19). The second-order valence-corrected chi connectivity index (χ2v) is 7.34. The van der Waals surface area contributed by atoms with Crippen LogP contribution in [0.4, 0.5) is 4.79 Å². The molecular weight excluding hydrogens is 252 g/mol. The Morgan fingerprint density at radius 3 is 2.60 bits per heavy atom. The van der Waals surface area contributed by atoms with E-state index in [1.807, 2.05) is 20.8 Å². The van der Waals surface area contributed by atoms with Crippen molar-refractivity contribution in [1.82, 2.24) is 10.6 Å². The zero-order valence-corrected chi connectivity index (χ0v) is 13.2. The average molecular weight is 282 g/mol. The molecule has 1 aliphatic heterocycles. The van der Waals surface area contributed by atoms with Crippen LogP contribution in [-0.4, -0.2) is 31.3 Å². The quantitative estimate of drug-likeness (QED) is 0.837. The van der Waals surface area contributed by atoms with Gasteiger partial charge in [-0.3, -0.25) is 0 Å². The van der Waals surface area contributed by atoms with Crippen LogP contribution in [0.1, 0.15) is 52.9 Å². The van der Waals surface area contributed by atoms with E-state index in [1.165, 1.54) is 32.1 Å². The minimum atomic E-state index is -0.417. The molecule has 4 heteroatoms. The summed E-state index contributed by atoms with van der Waals surface area (Å²) in [5, 5.41) is 6.43. The number of carbonyl (C=O) groups excluding carboxylic acids is 1. The highest BCUT2D eigenvalue weighted by molar-refractivity contribution is 5.67. The van der Waals surface area contributed by atoms with Gasteiger partial charge in [0.1, 0.15) is 5.60 Å². The first-order valence-electron chi connectivity index (χ1n) is 8.13. The summed E-state index contributed by atoms with van der Waals surface area (Å²) in [6, 6.07) is 0. The lowest BCUT2D eigenvalue weighted by atomic mass is 9.76. The second kappa shape index (κ2) is 6.79. The Hall–Kier alpha value is -0.770. The molecule has 0 radical (unpaired) electrons. The van der Waals surface area contributed by atoms with Gasteiger partial charge < -0.3 is 15.4 Å². The van der Waals surface area contributed by atoms with Crippen LogP contribution in [-0.2, 0) is 4.74 Å². The van der Waals surface area contributed by atoms with Crippen molar-refractivity contribution in [2.24, 2.45) is 17.8 Å². The van der Waals surface area contributed by atoms with Gasteiger partial charge >= 0.3 is 6.09 Å². The van der Waals surface area contributed by atoms with Gasteiger partial charge in [-0.15, -0.1) is 0 Å². The highest BCUT2D eigenvalue weighted by Gasteiger charge is 2.33. The van der Waals surface area contributed by atoms with Gasteiger partial charge in [-0.05, 0) is 58.0 Å². The molecular formula is C16H30N2O2. The van der Waals surface area contributed by atoms with E-state index in [9.17, 15) is 4.79 Å². The Balaban J connectivity index is 1.81. The van der Waals surface area contributed by atoms with Crippen molar-refractivity contribution in [3.05, 3.63) is 0 Å². The molecule has 2 unspecified atom stereocenters. The van der Waals surface area contributed by atoms with Crippen LogP contribution in [0.5, 0.6) is 0 Å². The predicted octanol–water partition coefficient (Wildman–Crippen LogP) is 2.93. The number of hydrogen-bond acceptors (Lipinski definition) is 3. The third kappa shape index (κ3) is 4.65. The first kappa shape index (κ1) is 15.6. The van der Waals surface area contributed by atoms with Crippen molar-refractivity contribution in [3.63, 3.8) is 0 Å². The Morgan fingerprint density at radius 2 is 1.95 bits per heavy atom. The van der Waals surface area contributed by atoms with Crippen LogP contribution in [0.2, 0.25) is 0 Å². The van der Waals surface area contributed by atoms with Crippen LogP contribution in [0.3, 0.4) is 0 Å². The molecule has 0 aromatic heterocycles. The van der Waals surface area contributed by atoms with E-state index in [0.29, 0.717) is 5.92 Å². The molecule has 2 N–H and O–H groups in total. The number of ether oxygens (including phenoxy) is 1. The normalized spacial score (nSPS) is 28.4. The van der Waals surface area contributed by atoms with Gasteiger partial charge in [0, 0.05) is 6.54 Å². The fourth-order valence-electron chi connectivity index (χ4n) is 3.70. The van der Waals surface area contributed by atoms with Crippen molar-refractivity contribution >= 4 is 6.09 Å². The summed E-state index contributed by atoms with van der Waals surface area (Å²) in [5.41, 5.74) is -0.417. The molecule has 1 heterocycles. The molecule has 2 fully saturated rings. The maximum atomic E-state index is 11.8. The topological polar surface area (TPSA) is 50.4 Å². The van der Waals surface area contributed by atoms with E-state index in [1.54, 1.807) is 0 Å². The molecule has 1 saturated carbocycles. The number of piperidine rings is 1. The summed E-state index contributed by atoms with van der Waals surface area (Å²) in [5.74, 6) is 2.20. The van der Waals surface area contributed by atoms with E-state index in [-0.39, 0.29) is 6.09 Å². The van der Waals surface area contributed by atoms with Gasteiger partial charge in [0.2, 0.25) is 0 Å². The number of alkyl carbamates (subject to hydrolysis) is 1. The van der Waals surface area contributed by atoms with E-state index in [2.05, 4.69) is 10.6 Å². The van der Waals surface area contributed by atoms with Crippen molar-refractivity contribution < 1.29 is 9.53 Å². The number of nitrogens with one attached hydrogen (secondary N) is 2. The molecule has 0 aromatic rings. The van der Waals surface area contributed by atoms with E-state index < -0.39 is 5.60 Å². The Labute approximate surface area is 123 Å². The highest BCUT2D eigenvalue weighted by Crippen LogP contribution is 2.38. The van der Waals surface area contributed by atoms with Crippen molar-refractivity contribution in [2.75, 3.05) is 19.6 Å². The third-order valence-corrected chi connectivity index (χ3v) is 4.58. The third-order valence-electron chi connectivity index (χ3n) is 4.58. The molecule has 1 saturated heterocycles. The molecule has 0 bridgehead atoms. The SMILES string of the molecule is CC(C)(C)OC(=O)NCC1CNCCC1C1CCCC1. The summed E-state index contributed by atoms with van der Waals surface area (Å²) in [7, 11) is 0. The van der Waals surface area contributed by atoms with Gasteiger partial charge in [-0.1, -0.05) is 25.7 Å². The Kier molecular flexibility index (Phi) is 5.30. The average Bonchev–Trinajstić information content (AvgIpc) is 2.88. The van der Waals surface area contributed by atoms with Crippen LogP contribution < -0.4 is 10.6 Å². The van der Waals surface area contributed by atoms with E-state index in [4.69, 9.17) is 4.74 Å². The number of rotatable bonds is 3. The fourth-order valence-corrected chi connectivity index (χ4v) is 3.70. The Bertz CT molecular complexity index is 319. The molecule has 2 atom stereocenters. The maximum absolute atomic E-state index is 11.8. The van der Waals surface area contributed by atoms with Crippen molar-refractivity contribution in [1.29, 1.82) is 0 Å². The van der Waals surface area contributed by atoms with Crippen LogP contribution in [0, 0.1) is 17.8 Å². The van der Waals surface area contributed by atoms with Crippen LogP contribution in [0.25, 0.3) is 0 Å². The van der Waals surface area contributed by atoms with Crippen molar-refractivity contribution in [3.8, 4) is 0 Å². The van der Waals surface area contributed by atoms with Crippen LogP contribution >= 0.6 is 0 Å². The van der Waals surface area contributed by atoms with E-state index >= 15 is 0 Å². The summed E-state index contributed by atoms with van der Waals surface area (Å²) in [6.07, 6.45) is 6.52. The monoisotopic (exact) mass is 282 g/mol. The molecule has 1 aliphatic carbocycles. The van der Waals surface area contributed by atoms with Gasteiger partial charge in [0.05, 0.1) is 0 Å². The summed E-state index contributed by atoms with van der Waals surface area (Å²) in [6.45, 7) is 8.59. The maximum Gasteiger partial charge on any atom is 0.407 e. The second-order valence-electron chi connectivity index (χ2n) is 7.34. The van der Waals surface area contributed by atoms with Gasteiger partial charge in [-0.25, -0.2) is 4.79 Å². The number of carbonyl (C=O) groups is 1. The van der Waals surface area contributed by atoms with Gasteiger partial charge in [-0.2, -0.15) is 0 Å². The smallest absolute Gasteiger partial charge is 0.407 e. The lowest BCUT2D eigenvalue weighted by Crippen LogP contribution is -2.46. The Morgan fingerprint density at radius 1 is 1.25 bits per heavy atom. The first-order chi connectivity index (χ1) is 9.46. The molecule has 0 aromatic carbocycles. The number of amides is 1. The lowest BCUT2D eigenvalue weighted by molar-refractivity contribution is 0.0500. The molecule has 1 amide bonds. The summed E-state index contributed by atoms with van der Waals surface area (Å²) >= 11 is 0. The molecule has 2 rings (SSSR count). The van der Waals surface area contributed by atoms with Crippen LogP contribution in [0.15, 0.2) is 0 Å². The largest absolute Gasteiger partial charge is 0.444 e. The lowest BCUT2D eigenvalue weighted by Gasteiger charge is -2.36. The molecule has 116 valence electrons. The summed E-state index contributed by atoms with van der Waals surface area (Å²) in [4.78, 5) is 11.8. The molecule has 4 nitrogen and oxygen atoms in total. The van der Waals surface area contributed by atoms with Gasteiger partial charge in [0.15, 0.2) is 0 Å². The number of hydrogen-bond donors (Lipinski definition) is 2. The first-order valence-corrected chi connectivity index (χ1v) is 8.13. The zero-order valence-electron chi connectivity index (χ0n) is 13.2. The minimum Gasteiger partial charge on any atom is -0.444 e. The van der Waals surface area contributed by atoms with Gasteiger partial charge in [0.25, 0.3) is 0 Å².